The van der Waals surface area contributed by atoms with E-state index in [1.807, 2.05) is 55.5 Å². The van der Waals surface area contributed by atoms with Gasteiger partial charge in [-0.1, -0.05) is 48.0 Å². The van der Waals surface area contributed by atoms with E-state index in [1.54, 1.807) is 23.1 Å². The molecule has 0 saturated heterocycles. The SMILES string of the molecule is Cc1ccc(CN2C(=O)COCc3cc(-c4cccc(NS(C)(=O)=O)c4)ccc32)cc1. The van der Waals surface area contributed by atoms with Crippen molar-refractivity contribution in [2.75, 3.05) is 22.5 Å². The van der Waals surface area contributed by atoms with Crippen LogP contribution in [0.3, 0.4) is 0 Å². The molecule has 0 saturated carbocycles. The van der Waals surface area contributed by atoms with Gasteiger partial charge in [-0.2, -0.15) is 0 Å². The van der Waals surface area contributed by atoms with Gasteiger partial charge < -0.3 is 9.64 Å². The summed E-state index contributed by atoms with van der Waals surface area (Å²) in [5.41, 5.74) is 6.26. The molecule has 3 aromatic rings. The van der Waals surface area contributed by atoms with Crippen molar-refractivity contribution < 1.29 is 17.9 Å². The topological polar surface area (TPSA) is 75.7 Å². The number of aryl methyl sites for hydroxylation is 1. The largest absolute Gasteiger partial charge is 0.367 e. The van der Waals surface area contributed by atoms with Crippen LogP contribution < -0.4 is 9.62 Å². The zero-order chi connectivity index (χ0) is 22.0. The highest BCUT2D eigenvalue weighted by Gasteiger charge is 2.23. The predicted molar refractivity (Wildman–Crippen MR) is 122 cm³/mol. The van der Waals surface area contributed by atoms with E-state index in [-0.39, 0.29) is 12.5 Å². The van der Waals surface area contributed by atoms with Gasteiger partial charge in [0.2, 0.25) is 10.0 Å². The van der Waals surface area contributed by atoms with Crippen LogP contribution in [0.15, 0.2) is 66.7 Å². The van der Waals surface area contributed by atoms with E-state index in [4.69, 9.17) is 4.74 Å². The molecule has 0 unspecified atom stereocenters. The summed E-state index contributed by atoms with van der Waals surface area (Å²) in [7, 11) is -3.36. The van der Waals surface area contributed by atoms with Crippen molar-refractivity contribution in [3.8, 4) is 11.1 Å². The Hall–Kier alpha value is -3.16. The molecule has 1 N–H and O–H groups in total. The van der Waals surface area contributed by atoms with Crippen LogP contribution >= 0.6 is 0 Å². The Morgan fingerprint density at radius 3 is 2.45 bits per heavy atom. The van der Waals surface area contributed by atoms with Crippen molar-refractivity contribution in [3.63, 3.8) is 0 Å². The van der Waals surface area contributed by atoms with E-state index in [9.17, 15) is 13.2 Å². The molecule has 0 atom stereocenters. The summed E-state index contributed by atoms with van der Waals surface area (Å²) in [6, 6.07) is 21.2. The van der Waals surface area contributed by atoms with Crippen LogP contribution in [-0.4, -0.2) is 27.2 Å². The number of rotatable bonds is 5. The van der Waals surface area contributed by atoms with Crippen molar-refractivity contribution in [2.24, 2.45) is 0 Å². The van der Waals surface area contributed by atoms with E-state index in [0.717, 1.165) is 34.2 Å². The van der Waals surface area contributed by atoms with E-state index in [0.29, 0.717) is 18.8 Å². The van der Waals surface area contributed by atoms with Gasteiger partial charge in [0.05, 0.1) is 19.4 Å². The molecule has 6 nitrogen and oxygen atoms in total. The molecule has 1 heterocycles. The molecule has 0 aliphatic carbocycles. The highest BCUT2D eigenvalue weighted by Crippen LogP contribution is 2.32. The number of hydrogen-bond acceptors (Lipinski definition) is 4. The van der Waals surface area contributed by atoms with Crippen LogP contribution in [0.4, 0.5) is 11.4 Å². The van der Waals surface area contributed by atoms with Gasteiger partial charge in [0.25, 0.3) is 5.91 Å². The van der Waals surface area contributed by atoms with E-state index < -0.39 is 10.0 Å². The number of sulfonamides is 1. The van der Waals surface area contributed by atoms with Gasteiger partial charge in [-0.3, -0.25) is 9.52 Å². The van der Waals surface area contributed by atoms with Gasteiger partial charge in [-0.25, -0.2) is 8.42 Å². The Kier molecular flexibility index (Phi) is 5.80. The van der Waals surface area contributed by atoms with Gasteiger partial charge in [0, 0.05) is 16.9 Å². The maximum atomic E-state index is 12.7. The van der Waals surface area contributed by atoms with Crippen LogP contribution in [0.25, 0.3) is 11.1 Å². The molecule has 31 heavy (non-hydrogen) atoms. The van der Waals surface area contributed by atoms with Crippen LogP contribution in [-0.2, 0) is 32.7 Å². The minimum Gasteiger partial charge on any atom is -0.367 e. The number of nitrogens with zero attached hydrogens (tertiary/aromatic N) is 1. The maximum Gasteiger partial charge on any atom is 0.253 e. The molecule has 1 amide bonds. The lowest BCUT2D eigenvalue weighted by atomic mass is 10.0. The molecule has 0 aromatic heterocycles. The summed E-state index contributed by atoms with van der Waals surface area (Å²) in [5, 5.41) is 0. The predicted octanol–water partition coefficient (Wildman–Crippen LogP) is 4.10. The van der Waals surface area contributed by atoms with Crippen LogP contribution in [0.1, 0.15) is 16.7 Å². The lowest BCUT2D eigenvalue weighted by Crippen LogP contribution is -2.32. The van der Waals surface area contributed by atoms with Gasteiger partial charge in [0.1, 0.15) is 6.61 Å². The van der Waals surface area contributed by atoms with Crippen molar-refractivity contribution in [2.45, 2.75) is 20.1 Å². The number of carbonyl (C=O) groups excluding carboxylic acids is 1. The second-order valence-corrected chi connectivity index (χ2v) is 9.51. The smallest absolute Gasteiger partial charge is 0.253 e. The van der Waals surface area contributed by atoms with E-state index in [1.165, 1.54) is 5.56 Å². The lowest BCUT2D eigenvalue weighted by molar-refractivity contribution is -0.123. The Balaban J connectivity index is 1.67. The van der Waals surface area contributed by atoms with Crippen LogP contribution in [0.2, 0.25) is 0 Å². The summed E-state index contributed by atoms with van der Waals surface area (Å²) in [6.45, 7) is 2.87. The summed E-state index contributed by atoms with van der Waals surface area (Å²) in [4.78, 5) is 14.5. The Labute approximate surface area is 182 Å². The summed E-state index contributed by atoms with van der Waals surface area (Å²) < 4.78 is 31.2. The monoisotopic (exact) mass is 436 g/mol. The highest BCUT2D eigenvalue weighted by atomic mass is 32.2. The fourth-order valence-electron chi connectivity index (χ4n) is 3.63. The van der Waals surface area contributed by atoms with Crippen LogP contribution in [0, 0.1) is 6.92 Å². The average Bonchev–Trinajstić information content (AvgIpc) is 2.87. The lowest BCUT2D eigenvalue weighted by Gasteiger charge is -2.23. The van der Waals surface area contributed by atoms with E-state index >= 15 is 0 Å². The molecule has 1 aliphatic heterocycles. The third-order valence-electron chi connectivity index (χ3n) is 5.11. The first kappa shape index (κ1) is 21.1. The molecule has 0 spiro atoms. The quantitative estimate of drug-likeness (QED) is 0.653. The summed E-state index contributed by atoms with van der Waals surface area (Å²) >= 11 is 0. The molecule has 1 aliphatic rings. The third kappa shape index (κ3) is 5.13. The number of nitrogens with one attached hydrogen (secondary N) is 1. The second kappa shape index (κ2) is 8.53. The first-order chi connectivity index (χ1) is 14.8. The molecule has 4 rings (SSSR count). The zero-order valence-electron chi connectivity index (χ0n) is 17.5. The minimum atomic E-state index is -3.36. The standard InChI is InChI=1S/C24H24N2O4S/c1-17-6-8-18(9-7-17)14-26-23-11-10-20(12-21(23)15-30-16-24(26)27)19-4-3-5-22(13-19)25-31(2,28)29/h3-13,25H,14-16H2,1-2H3. The molecule has 0 radical (unpaired) electrons. The molecular formula is C24H24N2O4S. The van der Waals surface area contributed by atoms with Gasteiger partial charge in [-0.15, -0.1) is 0 Å². The normalized spacial score (nSPS) is 14.1. The number of ether oxygens (including phenoxy) is 1. The Bertz CT molecular complexity index is 1220. The summed E-state index contributed by atoms with van der Waals surface area (Å²) in [6.07, 6.45) is 1.12. The zero-order valence-corrected chi connectivity index (χ0v) is 18.3. The summed E-state index contributed by atoms with van der Waals surface area (Å²) in [5.74, 6) is -0.0774. The molecule has 0 bridgehead atoms. The highest BCUT2D eigenvalue weighted by molar-refractivity contribution is 7.92. The van der Waals surface area contributed by atoms with E-state index in [2.05, 4.69) is 4.72 Å². The third-order valence-corrected chi connectivity index (χ3v) is 5.72. The number of carbonyl (C=O) groups is 1. The van der Waals surface area contributed by atoms with Crippen molar-refractivity contribution in [1.29, 1.82) is 0 Å². The van der Waals surface area contributed by atoms with Gasteiger partial charge in [0.15, 0.2) is 0 Å². The maximum absolute atomic E-state index is 12.7. The van der Waals surface area contributed by atoms with Crippen molar-refractivity contribution >= 4 is 27.3 Å². The number of hydrogen-bond donors (Lipinski definition) is 1. The first-order valence-electron chi connectivity index (χ1n) is 9.93. The number of anilines is 2. The average molecular weight is 437 g/mol. The van der Waals surface area contributed by atoms with Crippen LogP contribution in [0.5, 0.6) is 0 Å². The minimum absolute atomic E-state index is 0.0314. The fraction of sp³-hybridized carbons (Fsp3) is 0.208. The van der Waals surface area contributed by atoms with Gasteiger partial charge >= 0.3 is 0 Å². The number of fused-ring (bicyclic) bond motifs is 1. The molecule has 0 fully saturated rings. The van der Waals surface area contributed by atoms with Gasteiger partial charge in [-0.05, 0) is 47.9 Å². The second-order valence-electron chi connectivity index (χ2n) is 7.76. The Morgan fingerprint density at radius 2 is 1.71 bits per heavy atom. The molecule has 7 heteroatoms. The molecule has 160 valence electrons. The molecule has 3 aromatic carbocycles. The molecular weight excluding hydrogens is 412 g/mol. The number of benzene rings is 3. The number of amides is 1. The van der Waals surface area contributed by atoms with Crippen molar-refractivity contribution in [3.05, 3.63) is 83.4 Å². The van der Waals surface area contributed by atoms with Crippen molar-refractivity contribution in [1.82, 2.24) is 0 Å². The fourth-order valence-corrected chi connectivity index (χ4v) is 4.19. The first-order valence-corrected chi connectivity index (χ1v) is 11.8. The Morgan fingerprint density at radius 1 is 0.968 bits per heavy atom.